The first-order valence-corrected chi connectivity index (χ1v) is 20.8. The number of nitrogens with zero attached hydrogens (tertiary/aromatic N) is 1. The summed E-state index contributed by atoms with van der Waals surface area (Å²) < 4.78 is 0. The van der Waals surface area contributed by atoms with E-state index in [-0.39, 0.29) is 16.2 Å². The number of fused-ring (bicyclic) bond motifs is 9. The lowest BCUT2D eigenvalue weighted by Crippen LogP contribution is -2.18. The van der Waals surface area contributed by atoms with E-state index < -0.39 is 0 Å². The van der Waals surface area contributed by atoms with Crippen molar-refractivity contribution >= 4 is 17.1 Å². The maximum Gasteiger partial charge on any atom is 0.0540 e. The van der Waals surface area contributed by atoms with Crippen molar-refractivity contribution in [2.45, 2.75) is 57.8 Å². The van der Waals surface area contributed by atoms with E-state index in [1.165, 1.54) is 94.7 Å². The molecule has 0 radical (unpaired) electrons. The van der Waals surface area contributed by atoms with Crippen molar-refractivity contribution in [2.24, 2.45) is 0 Å². The maximum atomic E-state index is 2.50. The summed E-state index contributed by atoms with van der Waals surface area (Å²) in [7, 11) is 0. The first kappa shape index (κ1) is 34.8. The lowest BCUT2D eigenvalue weighted by molar-refractivity contribution is 0.660. The molecule has 11 rings (SSSR count). The van der Waals surface area contributed by atoms with Crippen LogP contribution in [0.2, 0.25) is 0 Å². The third kappa shape index (κ3) is 4.83. The molecule has 0 bridgehead atoms. The topological polar surface area (TPSA) is 3.24 Å². The fraction of sp³-hybridized carbons (Fsp3) is 0.158. The highest BCUT2D eigenvalue weighted by Crippen LogP contribution is 2.55. The molecule has 0 unspecified atom stereocenters. The van der Waals surface area contributed by atoms with Crippen molar-refractivity contribution in [2.75, 3.05) is 4.90 Å². The molecule has 0 fully saturated rings. The summed E-state index contributed by atoms with van der Waals surface area (Å²) in [5.74, 6) is 0. The Kier molecular flexibility index (Phi) is 7.36. The number of para-hydroxylation sites is 1. The van der Waals surface area contributed by atoms with E-state index in [4.69, 9.17) is 0 Å². The predicted molar refractivity (Wildman–Crippen MR) is 245 cm³/mol. The van der Waals surface area contributed by atoms with Gasteiger partial charge in [-0.1, -0.05) is 181 Å². The Bertz CT molecular complexity index is 2970. The SMILES string of the molecule is CC1(C)c2ccccc2-c2ccc(-c3ccc(N(c4ccc5c(c4)C(C)(C)c4ccccc4-5)c4ccccc4-c4cccc5c4C(C)(C)c4ccccc4-5)cc3)cc21. The minimum absolute atomic E-state index is 0.0447. The van der Waals surface area contributed by atoms with Gasteiger partial charge in [-0.25, -0.2) is 0 Å². The van der Waals surface area contributed by atoms with Gasteiger partial charge in [0.2, 0.25) is 0 Å². The number of anilines is 3. The van der Waals surface area contributed by atoms with Gasteiger partial charge in [0.05, 0.1) is 5.69 Å². The van der Waals surface area contributed by atoms with Crippen LogP contribution in [0.5, 0.6) is 0 Å². The molecule has 8 aromatic rings. The predicted octanol–water partition coefficient (Wildman–Crippen LogP) is 15.4. The minimum Gasteiger partial charge on any atom is -0.310 e. The first-order valence-electron chi connectivity index (χ1n) is 20.8. The van der Waals surface area contributed by atoms with Gasteiger partial charge in [0.15, 0.2) is 0 Å². The van der Waals surface area contributed by atoms with E-state index in [2.05, 4.69) is 222 Å². The largest absolute Gasteiger partial charge is 0.310 e. The highest BCUT2D eigenvalue weighted by molar-refractivity contribution is 5.95. The molecule has 0 N–H and O–H groups in total. The van der Waals surface area contributed by atoms with E-state index in [9.17, 15) is 0 Å². The van der Waals surface area contributed by atoms with Crippen LogP contribution in [-0.2, 0) is 16.2 Å². The Balaban J connectivity index is 1.08. The molecular weight excluding hydrogens is 699 g/mol. The second kappa shape index (κ2) is 12.3. The summed E-state index contributed by atoms with van der Waals surface area (Å²) in [5, 5.41) is 0. The molecule has 1 nitrogen and oxygen atoms in total. The average Bonchev–Trinajstić information content (AvgIpc) is 3.74. The third-order valence-electron chi connectivity index (χ3n) is 13.9. The van der Waals surface area contributed by atoms with Crippen molar-refractivity contribution in [3.63, 3.8) is 0 Å². The van der Waals surface area contributed by atoms with Gasteiger partial charge in [0.1, 0.15) is 0 Å². The zero-order chi connectivity index (χ0) is 39.6. The Hall–Kier alpha value is -6.44. The fourth-order valence-electron chi connectivity index (χ4n) is 10.9. The van der Waals surface area contributed by atoms with E-state index in [1.807, 2.05) is 0 Å². The number of hydrogen-bond donors (Lipinski definition) is 0. The molecule has 3 aliphatic carbocycles. The van der Waals surface area contributed by atoms with Crippen LogP contribution in [0, 0.1) is 0 Å². The Morgan fingerprint density at radius 1 is 0.293 bits per heavy atom. The van der Waals surface area contributed by atoms with Crippen LogP contribution >= 0.6 is 0 Å². The van der Waals surface area contributed by atoms with Gasteiger partial charge in [-0.05, 0) is 120 Å². The van der Waals surface area contributed by atoms with E-state index >= 15 is 0 Å². The molecule has 0 saturated heterocycles. The molecule has 8 aromatic carbocycles. The van der Waals surface area contributed by atoms with Crippen LogP contribution in [0.3, 0.4) is 0 Å². The summed E-state index contributed by atoms with van der Waals surface area (Å²) in [6.45, 7) is 14.2. The van der Waals surface area contributed by atoms with E-state index in [1.54, 1.807) is 0 Å². The van der Waals surface area contributed by atoms with Crippen molar-refractivity contribution in [1.29, 1.82) is 0 Å². The fourth-order valence-corrected chi connectivity index (χ4v) is 10.9. The lowest BCUT2D eigenvalue weighted by atomic mass is 9.78. The standard InChI is InChI=1S/C57H47N/c1-55(2)48-22-11-7-16-40(48)43-32-28-37(34-51(43)55)36-26-29-38(30-27-36)58(39-31-33-44-41-17-8-12-23-49(41)56(3,4)52(44)35-39)53-25-14-10-19-45(53)47-21-15-20-46-42-18-9-13-24-50(42)57(5,6)54(46)47/h7-35H,1-6H3. The molecule has 0 amide bonds. The van der Waals surface area contributed by atoms with Crippen LogP contribution in [0.15, 0.2) is 176 Å². The van der Waals surface area contributed by atoms with Crippen LogP contribution in [-0.4, -0.2) is 0 Å². The molecular formula is C57H47N. The molecule has 280 valence electrons. The van der Waals surface area contributed by atoms with Crippen LogP contribution < -0.4 is 4.90 Å². The quantitative estimate of drug-likeness (QED) is 0.170. The molecule has 3 aliphatic rings. The number of rotatable bonds is 5. The summed E-state index contributed by atoms with van der Waals surface area (Å²) >= 11 is 0. The lowest BCUT2D eigenvalue weighted by Gasteiger charge is -2.31. The van der Waals surface area contributed by atoms with Crippen LogP contribution in [0.4, 0.5) is 17.1 Å². The second-order valence-electron chi connectivity index (χ2n) is 18.1. The molecule has 0 heterocycles. The van der Waals surface area contributed by atoms with Crippen molar-refractivity contribution < 1.29 is 0 Å². The smallest absolute Gasteiger partial charge is 0.0540 e. The van der Waals surface area contributed by atoms with Gasteiger partial charge in [0, 0.05) is 33.2 Å². The van der Waals surface area contributed by atoms with E-state index in [0.29, 0.717) is 0 Å². The van der Waals surface area contributed by atoms with Crippen molar-refractivity contribution in [3.8, 4) is 55.6 Å². The maximum absolute atomic E-state index is 2.50. The summed E-state index contributed by atoms with van der Waals surface area (Å²) in [6, 6.07) is 66.1. The second-order valence-corrected chi connectivity index (χ2v) is 18.1. The molecule has 0 aromatic heterocycles. The number of benzene rings is 8. The van der Waals surface area contributed by atoms with Crippen LogP contribution in [0.25, 0.3) is 55.6 Å². The van der Waals surface area contributed by atoms with Crippen LogP contribution in [0.1, 0.15) is 74.9 Å². The van der Waals surface area contributed by atoms with Gasteiger partial charge in [-0.2, -0.15) is 0 Å². The van der Waals surface area contributed by atoms with Gasteiger partial charge >= 0.3 is 0 Å². The van der Waals surface area contributed by atoms with Crippen molar-refractivity contribution in [3.05, 3.63) is 209 Å². The normalized spacial score (nSPS) is 15.5. The zero-order valence-electron chi connectivity index (χ0n) is 34.2. The molecule has 0 aliphatic heterocycles. The highest BCUT2D eigenvalue weighted by Gasteiger charge is 2.39. The number of hydrogen-bond acceptors (Lipinski definition) is 1. The Morgan fingerprint density at radius 3 is 1.33 bits per heavy atom. The van der Waals surface area contributed by atoms with Gasteiger partial charge < -0.3 is 4.90 Å². The minimum atomic E-state index is -0.142. The summed E-state index contributed by atoms with van der Waals surface area (Å²) in [5.41, 5.74) is 24.5. The summed E-state index contributed by atoms with van der Waals surface area (Å²) in [4.78, 5) is 2.50. The van der Waals surface area contributed by atoms with Gasteiger partial charge in [0.25, 0.3) is 0 Å². The zero-order valence-corrected chi connectivity index (χ0v) is 34.2. The van der Waals surface area contributed by atoms with E-state index in [0.717, 1.165) is 11.4 Å². The monoisotopic (exact) mass is 745 g/mol. The first-order chi connectivity index (χ1) is 28.0. The molecule has 0 saturated carbocycles. The summed E-state index contributed by atoms with van der Waals surface area (Å²) in [6.07, 6.45) is 0. The average molecular weight is 746 g/mol. The molecule has 0 atom stereocenters. The highest BCUT2D eigenvalue weighted by atomic mass is 15.1. The van der Waals surface area contributed by atoms with Gasteiger partial charge in [-0.15, -0.1) is 0 Å². The third-order valence-corrected chi connectivity index (χ3v) is 13.9. The molecule has 1 heteroatoms. The Morgan fingerprint density at radius 2 is 0.707 bits per heavy atom. The molecule has 58 heavy (non-hydrogen) atoms. The Labute approximate surface area is 343 Å². The van der Waals surface area contributed by atoms with Crippen molar-refractivity contribution in [1.82, 2.24) is 0 Å². The molecule has 0 spiro atoms. The van der Waals surface area contributed by atoms with Gasteiger partial charge in [-0.3, -0.25) is 0 Å².